The van der Waals surface area contributed by atoms with E-state index in [1.54, 1.807) is 12.1 Å². The van der Waals surface area contributed by atoms with Crippen LogP contribution in [0.5, 0.6) is 5.75 Å². The summed E-state index contributed by atoms with van der Waals surface area (Å²) in [5, 5.41) is 9.88. The molecule has 1 saturated heterocycles. The summed E-state index contributed by atoms with van der Waals surface area (Å²) in [5.41, 5.74) is 3.18. The molecular formula is C22H24N2O2. The number of hydrogen-bond donors (Lipinski definition) is 1. The quantitative estimate of drug-likeness (QED) is 0.858. The third-order valence-electron chi connectivity index (χ3n) is 5.30. The summed E-state index contributed by atoms with van der Waals surface area (Å²) in [6.07, 6.45) is 4.68. The van der Waals surface area contributed by atoms with Crippen LogP contribution >= 0.6 is 0 Å². The van der Waals surface area contributed by atoms with E-state index in [2.05, 4.69) is 40.1 Å². The van der Waals surface area contributed by atoms with Gasteiger partial charge in [-0.25, -0.2) is 0 Å². The summed E-state index contributed by atoms with van der Waals surface area (Å²) in [6.45, 7) is 2.59. The van der Waals surface area contributed by atoms with Gasteiger partial charge in [-0.05, 0) is 42.7 Å². The molecule has 134 valence electrons. The fourth-order valence-electron chi connectivity index (χ4n) is 3.97. The Balaban J connectivity index is 1.64. The molecule has 2 fully saturated rings. The molecule has 26 heavy (non-hydrogen) atoms. The van der Waals surface area contributed by atoms with E-state index in [4.69, 9.17) is 0 Å². The summed E-state index contributed by atoms with van der Waals surface area (Å²) >= 11 is 0. The van der Waals surface area contributed by atoms with E-state index >= 15 is 0 Å². The zero-order valence-electron chi connectivity index (χ0n) is 14.8. The van der Waals surface area contributed by atoms with Gasteiger partial charge in [0.15, 0.2) is 5.78 Å². The number of ketones is 1. The van der Waals surface area contributed by atoms with Crippen LogP contribution in [0.15, 0.2) is 66.2 Å². The number of phenolic OH excluding ortho intramolecular Hbond substituents is 1. The molecule has 0 bridgehead atoms. The third-order valence-corrected chi connectivity index (χ3v) is 5.30. The van der Waals surface area contributed by atoms with Crippen molar-refractivity contribution < 1.29 is 9.90 Å². The van der Waals surface area contributed by atoms with Crippen molar-refractivity contribution in [2.75, 3.05) is 29.4 Å². The number of rotatable bonds is 3. The highest BCUT2D eigenvalue weighted by Gasteiger charge is 2.28. The minimum atomic E-state index is 0.114. The predicted molar refractivity (Wildman–Crippen MR) is 105 cm³/mol. The number of carbonyl (C=O) groups excluding carboxylic acids is 1. The zero-order chi connectivity index (χ0) is 17.9. The first-order valence-electron chi connectivity index (χ1n) is 9.30. The number of piperazine rings is 1. The van der Waals surface area contributed by atoms with Crippen LogP contribution in [0.4, 0.5) is 11.4 Å². The van der Waals surface area contributed by atoms with E-state index in [1.807, 2.05) is 18.2 Å². The summed E-state index contributed by atoms with van der Waals surface area (Å²) in [6, 6.07) is 17.9. The Morgan fingerprint density at radius 1 is 0.962 bits per heavy atom. The van der Waals surface area contributed by atoms with E-state index in [1.165, 1.54) is 5.69 Å². The molecule has 1 N–H and O–H groups in total. The second kappa shape index (κ2) is 7.24. The number of Topliss-reactive ketones (excluding diaryl/α,β-unsaturated/α-hetero) is 1. The highest BCUT2D eigenvalue weighted by atomic mass is 16.3. The lowest BCUT2D eigenvalue weighted by molar-refractivity contribution is -0.114. The fourth-order valence-corrected chi connectivity index (χ4v) is 3.97. The Bertz CT molecular complexity index is 816. The van der Waals surface area contributed by atoms with Gasteiger partial charge in [-0.1, -0.05) is 30.3 Å². The maximum Gasteiger partial charge on any atom is 0.158 e. The first-order chi connectivity index (χ1) is 12.7. The topological polar surface area (TPSA) is 43.8 Å². The van der Waals surface area contributed by atoms with Crippen molar-refractivity contribution in [3.05, 3.63) is 66.2 Å². The molecule has 1 aliphatic carbocycles. The molecule has 1 unspecified atom stereocenters. The largest absolute Gasteiger partial charge is 0.508 e. The Morgan fingerprint density at radius 2 is 1.77 bits per heavy atom. The maximum atomic E-state index is 12.2. The van der Waals surface area contributed by atoms with Gasteiger partial charge < -0.3 is 14.9 Å². The average Bonchev–Trinajstić information content (AvgIpc) is 3.07. The van der Waals surface area contributed by atoms with Crippen LogP contribution < -0.4 is 9.80 Å². The Morgan fingerprint density at radius 3 is 2.50 bits per heavy atom. The van der Waals surface area contributed by atoms with E-state index < -0.39 is 0 Å². The molecule has 4 nitrogen and oxygen atoms in total. The van der Waals surface area contributed by atoms with Gasteiger partial charge in [0.25, 0.3) is 0 Å². The normalized spacial score (nSPS) is 22.2. The minimum Gasteiger partial charge on any atom is -0.508 e. The third kappa shape index (κ3) is 3.45. The standard InChI is InChI=1S/C22H24N2O2/c25-21-10-5-9-19(15-21)24-13-12-23(18-7-2-1-3-8-18)16-20(24)14-17-6-4-11-22(17)26/h1-3,5,7-10,14-15,20,25H,4,6,11-13,16H2/b17-14-. The second-order valence-electron chi connectivity index (χ2n) is 7.03. The molecule has 2 aromatic rings. The number of benzene rings is 2. The van der Waals surface area contributed by atoms with Crippen molar-refractivity contribution in [2.45, 2.75) is 25.3 Å². The molecular weight excluding hydrogens is 324 g/mol. The molecule has 1 heterocycles. The van der Waals surface area contributed by atoms with Crippen molar-refractivity contribution >= 4 is 17.2 Å². The molecule has 2 aromatic carbocycles. The molecule has 0 radical (unpaired) electrons. The Hall–Kier alpha value is -2.75. The number of aromatic hydroxyl groups is 1. The summed E-state index contributed by atoms with van der Waals surface area (Å²) in [4.78, 5) is 16.8. The monoisotopic (exact) mass is 348 g/mol. The van der Waals surface area contributed by atoms with E-state index in [0.717, 1.165) is 43.7 Å². The van der Waals surface area contributed by atoms with Crippen molar-refractivity contribution in [3.63, 3.8) is 0 Å². The van der Waals surface area contributed by atoms with Gasteiger partial charge in [0, 0.05) is 43.5 Å². The van der Waals surface area contributed by atoms with E-state index in [-0.39, 0.29) is 17.6 Å². The number of nitrogens with zero attached hydrogens (tertiary/aromatic N) is 2. The molecule has 0 amide bonds. The number of phenols is 1. The fraction of sp³-hybridized carbons (Fsp3) is 0.318. The van der Waals surface area contributed by atoms with Gasteiger partial charge in [-0.3, -0.25) is 4.79 Å². The highest BCUT2D eigenvalue weighted by molar-refractivity contribution is 5.97. The lowest BCUT2D eigenvalue weighted by Gasteiger charge is -2.43. The van der Waals surface area contributed by atoms with Crippen molar-refractivity contribution in [1.29, 1.82) is 0 Å². The number of carbonyl (C=O) groups is 1. The van der Waals surface area contributed by atoms with Crippen LogP contribution in [0.2, 0.25) is 0 Å². The van der Waals surface area contributed by atoms with Crippen LogP contribution in [-0.2, 0) is 4.79 Å². The van der Waals surface area contributed by atoms with Crippen LogP contribution in [0.1, 0.15) is 19.3 Å². The number of anilines is 2. The smallest absolute Gasteiger partial charge is 0.158 e. The van der Waals surface area contributed by atoms with Gasteiger partial charge in [-0.2, -0.15) is 0 Å². The molecule has 4 heteroatoms. The second-order valence-corrected chi connectivity index (χ2v) is 7.03. The SMILES string of the molecule is O=C1CCC/C1=C/C1CN(c2ccccc2)CCN1c1cccc(O)c1. The maximum absolute atomic E-state index is 12.2. The minimum absolute atomic E-state index is 0.114. The highest BCUT2D eigenvalue weighted by Crippen LogP contribution is 2.29. The van der Waals surface area contributed by atoms with Crippen LogP contribution in [0.25, 0.3) is 0 Å². The van der Waals surface area contributed by atoms with Crippen LogP contribution in [0.3, 0.4) is 0 Å². The Kier molecular flexibility index (Phi) is 4.65. The molecule has 2 aliphatic rings. The molecule has 0 aromatic heterocycles. The molecule has 0 spiro atoms. The lowest BCUT2D eigenvalue weighted by atomic mass is 10.0. The first kappa shape index (κ1) is 16.7. The molecule has 1 atom stereocenters. The number of allylic oxidation sites excluding steroid dienone is 1. The van der Waals surface area contributed by atoms with Gasteiger partial charge in [0.1, 0.15) is 5.75 Å². The summed E-state index contributed by atoms with van der Waals surface area (Å²) in [7, 11) is 0. The van der Waals surface area contributed by atoms with E-state index in [9.17, 15) is 9.90 Å². The van der Waals surface area contributed by atoms with E-state index in [0.29, 0.717) is 6.42 Å². The number of para-hydroxylation sites is 1. The molecule has 4 rings (SSSR count). The van der Waals surface area contributed by atoms with Crippen molar-refractivity contribution in [3.8, 4) is 5.75 Å². The number of hydrogen-bond acceptors (Lipinski definition) is 4. The van der Waals surface area contributed by atoms with Gasteiger partial charge in [-0.15, -0.1) is 0 Å². The predicted octanol–water partition coefficient (Wildman–Crippen LogP) is 3.77. The van der Waals surface area contributed by atoms with Crippen molar-refractivity contribution in [1.82, 2.24) is 0 Å². The Labute approximate surface area is 154 Å². The van der Waals surface area contributed by atoms with Crippen molar-refractivity contribution in [2.24, 2.45) is 0 Å². The lowest BCUT2D eigenvalue weighted by Crippen LogP contribution is -2.53. The summed E-state index contributed by atoms with van der Waals surface area (Å²) in [5.74, 6) is 0.564. The van der Waals surface area contributed by atoms with Crippen LogP contribution in [-0.4, -0.2) is 36.6 Å². The summed E-state index contributed by atoms with van der Waals surface area (Å²) < 4.78 is 0. The average molecular weight is 348 g/mol. The van der Waals surface area contributed by atoms with Gasteiger partial charge in [0.2, 0.25) is 0 Å². The molecule has 1 aliphatic heterocycles. The first-order valence-corrected chi connectivity index (χ1v) is 9.30. The van der Waals surface area contributed by atoms with Gasteiger partial charge >= 0.3 is 0 Å². The zero-order valence-corrected chi connectivity index (χ0v) is 14.8. The van der Waals surface area contributed by atoms with Crippen LogP contribution in [0, 0.1) is 0 Å². The van der Waals surface area contributed by atoms with Gasteiger partial charge in [0.05, 0.1) is 6.04 Å². The molecule has 1 saturated carbocycles.